The molecule has 1 aromatic heterocycles. The van der Waals surface area contributed by atoms with Crippen LogP contribution in [-0.4, -0.2) is 21.3 Å². The number of hydrogen-bond donors (Lipinski definition) is 1. The monoisotopic (exact) mass is 316 g/mol. The van der Waals surface area contributed by atoms with Gasteiger partial charge in [-0.15, -0.1) is 0 Å². The number of aromatic nitrogens is 2. The van der Waals surface area contributed by atoms with E-state index in [1.807, 2.05) is 30.5 Å². The molecule has 0 saturated carbocycles. The average Bonchev–Trinajstić information content (AvgIpc) is 2.86. The van der Waals surface area contributed by atoms with E-state index in [0.29, 0.717) is 24.4 Å². The van der Waals surface area contributed by atoms with Crippen molar-refractivity contribution in [1.82, 2.24) is 9.55 Å². The van der Waals surface area contributed by atoms with Gasteiger partial charge in [0.25, 0.3) is 0 Å². The summed E-state index contributed by atoms with van der Waals surface area (Å²) < 4.78 is 28.7. The van der Waals surface area contributed by atoms with E-state index in [9.17, 15) is 8.78 Å². The van der Waals surface area contributed by atoms with Crippen molar-refractivity contribution in [1.29, 1.82) is 0 Å². The maximum Gasteiger partial charge on any atom is 0.159 e. The molecule has 0 fully saturated rings. The zero-order valence-electron chi connectivity index (χ0n) is 13.1. The van der Waals surface area contributed by atoms with Crippen LogP contribution >= 0.6 is 0 Å². The van der Waals surface area contributed by atoms with Gasteiger partial charge in [-0.3, -0.25) is 0 Å². The Hall–Kier alpha value is -2.27. The lowest BCUT2D eigenvalue weighted by Gasteiger charge is -2.09. The Kier molecular flexibility index (Phi) is 4.13. The molecule has 5 heteroatoms. The lowest BCUT2D eigenvalue weighted by molar-refractivity contribution is 0.281. The highest BCUT2D eigenvalue weighted by molar-refractivity contribution is 5.82. The highest BCUT2D eigenvalue weighted by Crippen LogP contribution is 2.28. The summed E-state index contributed by atoms with van der Waals surface area (Å²) in [7, 11) is 0. The number of fused-ring (bicyclic) bond motifs is 1. The Morgan fingerprint density at radius 2 is 1.78 bits per heavy atom. The van der Waals surface area contributed by atoms with Crippen molar-refractivity contribution >= 4 is 11.0 Å². The van der Waals surface area contributed by atoms with Crippen LogP contribution in [0.4, 0.5) is 8.78 Å². The number of aliphatic hydroxyl groups is 1. The molecule has 0 radical (unpaired) electrons. The summed E-state index contributed by atoms with van der Waals surface area (Å²) in [4.78, 5) is 4.60. The van der Waals surface area contributed by atoms with Crippen LogP contribution in [0, 0.1) is 25.5 Å². The molecule has 1 heterocycles. The molecule has 120 valence electrons. The van der Waals surface area contributed by atoms with Crippen molar-refractivity contribution in [3.8, 4) is 11.4 Å². The van der Waals surface area contributed by atoms with Crippen molar-refractivity contribution in [2.45, 2.75) is 26.8 Å². The minimum atomic E-state index is -0.893. The Morgan fingerprint density at radius 3 is 2.48 bits per heavy atom. The van der Waals surface area contributed by atoms with Gasteiger partial charge in [0.1, 0.15) is 5.82 Å². The lowest BCUT2D eigenvalue weighted by atomic mass is 10.1. The predicted octanol–water partition coefficient (Wildman–Crippen LogP) is 3.98. The van der Waals surface area contributed by atoms with Gasteiger partial charge in [-0.2, -0.15) is 0 Å². The fourth-order valence-corrected chi connectivity index (χ4v) is 2.69. The van der Waals surface area contributed by atoms with Crippen LogP contribution in [0.3, 0.4) is 0 Å². The van der Waals surface area contributed by atoms with E-state index in [0.717, 1.165) is 34.3 Å². The molecule has 0 spiro atoms. The quantitative estimate of drug-likeness (QED) is 0.790. The third-order valence-electron chi connectivity index (χ3n) is 4.08. The summed E-state index contributed by atoms with van der Waals surface area (Å²) in [6.07, 6.45) is 0.565. The van der Waals surface area contributed by atoms with E-state index >= 15 is 0 Å². The largest absolute Gasteiger partial charge is 0.396 e. The SMILES string of the molecule is Cc1cc2nc(-c3ccc(F)c(F)c3)n(CCCO)c2cc1C. The molecule has 3 nitrogen and oxygen atoms in total. The van der Waals surface area contributed by atoms with Crippen LogP contribution in [0.5, 0.6) is 0 Å². The second kappa shape index (κ2) is 6.08. The molecule has 1 N–H and O–H groups in total. The second-order valence-electron chi connectivity index (χ2n) is 5.72. The number of hydrogen-bond acceptors (Lipinski definition) is 2. The molecule has 0 bridgehead atoms. The second-order valence-corrected chi connectivity index (χ2v) is 5.72. The van der Waals surface area contributed by atoms with Gasteiger partial charge in [0, 0.05) is 18.7 Å². The summed E-state index contributed by atoms with van der Waals surface area (Å²) in [5.74, 6) is -1.19. The zero-order valence-corrected chi connectivity index (χ0v) is 13.1. The van der Waals surface area contributed by atoms with E-state index in [1.165, 1.54) is 6.07 Å². The summed E-state index contributed by atoms with van der Waals surface area (Å²) >= 11 is 0. The van der Waals surface area contributed by atoms with Crippen LogP contribution in [0.15, 0.2) is 30.3 Å². The Bertz CT molecular complexity index is 871. The third-order valence-corrected chi connectivity index (χ3v) is 4.08. The number of aryl methyl sites for hydroxylation is 3. The smallest absolute Gasteiger partial charge is 0.159 e. The molecule has 0 aliphatic carbocycles. The average molecular weight is 316 g/mol. The molecule has 3 rings (SSSR count). The minimum Gasteiger partial charge on any atom is -0.396 e. The molecule has 0 unspecified atom stereocenters. The first kappa shape index (κ1) is 15.6. The molecule has 2 aromatic carbocycles. The van der Waals surface area contributed by atoms with E-state index in [4.69, 9.17) is 5.11 Å². The van der Waals surface area contributed by atoms with Crippen molar-refractivity contribution in [3.63, 3.8) is 0 Å². The number of aliphatic hydroxyl groups excluding tert-OH is 1. The predicted molar refractivity (Wildman–Crippen MR) is 86.3 cm³/mol. The van der Waals surface area contributed by atoms with Crippen molar-refractivity contribution in [2.24, 2.45) is 0 Å². The maximum atomic E-state index is 13.6. The lowest BCUT2D eigenvalue weighted by Crippen LogP contribution is -2.03. The van der Waals surface area contributed by atoms with Crippen LogP contribution in [-0.2, 0) is 6.54 Å². The van der Waals surface area contributed by atoms with Crippen LogP contribution in [0.2, 0.25) is 0 Å². The summed E-state index contributed by atoms with van der Waals surface area (Å²) in [5, 5.41) is 9.13. The van der Waals surface area contributed by atoms with Gasteiger partial charge >= 0.3 is 0 Å². The van der Waals surface area contributed by atoms with Gasteiger partial charge in [-0.05, 0) is 61.7 Å². The fourth-order valence-electron chi connectivity index (χ4n) is 2.69. The first-order valence-corrected chi connectivity index (χ1v) is 7.55. The van der Waals surface area contributed by atoms with Gasteiger partial charge in [0.15, 0.2) is 11.6 Å². The van der Waals surface area contributed by atoms with Crippen LogP contribution in [0.1, 0.15) is 17.5 Å². The molecule has 23 heavy (non-hydrogen) atoms. The number of halogens is 2. The minimum absolute atomic E-state index is 0.0573. The Balaban J connectivity index is 2.23. The van der Waals surface area contributed by atoms with Gasteiger partial charge < -0.3 is 9.67 Å². The third kappa shape index (κ3) is 2.84. The zero-order chi connectivity index (χ0) is 16.6. The summed E-state index contributed by atoms with van der Waals surface area (Å²) in [6, 6.07) is 7.82. The van der Waals surface area contributed by atoms with Crippen molar-refractivity contribution < 1.29 is 13.9 Å². The molecular weight excluding hydrogens is 298 g/mol. The molecule has 0 aliphatic rings. The summed E-state index contributed by atoms with van der Waals surface area (Å²) in [6.45, 7) is 4.65. The first-order valence-electron chi connectivity index (χ1n) is 7.55. The van der Waals surface area contributed by atoms with E-state index in [2.05, 4.69) is 4.98 Å². The first-order chi connectivity index (χ1) is 11.0. The van der Waals surface area contributed by atoms with Gasteiger partial charge in [0.05, 0.1) is 11.0 Å². The maximum absolute atomic E-state index is 13.6. The van der Waals surface area contributed by atoms with Gasteiger partial charge in [0.2, 0.25) is 0 Å². The number of rotatable bonds is 4. The van der Waals surface area contributed by atoms with E-state index in [-0.39, 0.29) is 6.61 Å². The van der Waals surface area contributed by atoms with E-state index < -0.39 is 11.6 Å². The Morgan fingerprint density at radius 1 is 1.04 bits per heavy atom. The summed E-state index contributed by atoms with van der Waals surface area (Å²) in [5.41, 5.74) is 4.53. The molecule has 0 saturated heterocycles. The topological polar surface area (TPSA) is 38.0 Å². The fraction of sp³-hybridized carbons (Fsp3) is 0.278. The highest BCUT2D eigenvalue weighted by Gasteiger charge is 2.15. The van der Waals surface area contributed by atoms with Crippen molar-refractivity contribution in [2.75, 3.05) is 6.61 Å². The number of imidazole rings is 1. The van der Waals surface area contributed by atoms with Gasteiger partial charge in [-0.1, -0.05) is 0 Å². The molecule has 3 aromatic rings. The standard InChI is InChI=1S/C18H18F2N2O/c1-11-8-16-17(9-12(11)2)22(6-3-7-23)18(21-16)13-4-5-14(19)15(20)10-13/h4-5,8-10,23H,3,6-7H2,1-2H3. The number of benzene rings is 2. The highest BCUT2D eigenvalue weighted by atomic mass is 19.2. The van der Waals surface area contributed by atoms with Gasteiger partial charge in [-0.25, -0.2) is 13.8 Å². The molecular formula is C18H18F2N2O. The van der Waals surface area contributed by atoms with Crippen LogP contribution < -0.4 is 0 Å². The molecule has 0 amide bonds. The van der Waals surface area contributed by atoms with Crippen molar-refractivity contribution in [3.05, 3.63) is 53.1 Å². The number of nitrogens with zero attached hydrogens (tertiary/aromatic N) is 2. The Labute approximate surface area is 133 Å². The molecule has 0 aliphatic heterocycles. The van der Waals surface area contributed by atoms with E-state index in [1.54, 1.807) is 0 Å². The normalized spacial score (nSPS) is 11.3. The van der Waals surface area contributed by atoms with Crippen LogP contribution in [0.25, 0.3) is 22.4 Å². The molecule has 0 atom stereocenters.